The van der Waals surface area contributed by atoms with Crippen LogP contribution in [0.5, 0.6) is 0 Å². The van der Waals surface area contributed by atoms with Crippen molar-refractivity contribution in [2.24, 2.45) is 17.8 Å². The molecule has 1 nitrogen and oxygen atoms in total. The molecular weight excluding hydrogens is 244 g/mol. The Morgan fingerprint density at radius 2 is 1.45 bits per heavy atom. The summed E-state index contributed by atoms with van der Waals surface area (Å²) in [5, 5.41) is 0. The van der Waals surface area contributed by atoms with Gasteiger partial charge in [0, 0.05) is 6.61 Å². The van der Waals surface area contributed by atoms with E-state index >= 15 is 0 Å². The summed E-state index contributed by atoms with van der Waals surface area (Å²) in [5.41, 5.74) is 0. The molecule has 20 heavy (non-hydrogen) atoms. The van der Waals surface area contributed by atoms with E-state index in [0.29, 0.717) is 6.10 Å². The Bertz CT molecular complexity index is 267. The van der Waals surface area contributed by atoms with Crippen molar-refractivity contribution in [2.45, 2.75) is 84.2 Å². The molecule has 2 rings (SSSR count). The lowest BCUT2D eigenvalue weighted by Crippen LogP contribution is -2.28. The SMILES string of the molecule is CCC=C[C@H]1CC[C@H]([C@H]2CC[C@H](OCCC)CC2)CC1. The summed E-state index contributed by atoms with van der Waals surface area (Å²) in [6.45, 7) is 5.41. The highest BCUT2D eigenvalue weighted by Crippen LogP contribution is 2.40. The molecule has 0 aromatic heterocycles. The monoisotopic (exact) mass is 278 g/mol. The van der Waals surface area contributed by atoms with Crippen LogP contribution in [0.3, 0.4) is 0 Å². The van der Waals surface area contributed by atoms with Crippen molar-refractivity contribution >= 4 is 0 Å². The highest BCUT2D eigenvalue weighted by molar-refractivity contribution is 4.92. The van der Waals surface area contributed by atoms with Crippen LogP contribution in [-0.2, 0) is 4.74 Å². The fourth-order valence-corrected chi connectivity index (χ4v) is 4.15. The van der Waals surface area contributed by atoms with Crippen molar-refractivity contribution in [2.75, 3.05) is 6.61 Å². The third-order valence-corrected chi connectivity index (χ3v) is 5.40. The van der Waals surface area contributed by atoms with Crippen LogP contribution in [-0.4, -0.2) is 12.7 Å². The minimum Gasteiger partial charge on any atom is -0.378 e. The van der Waals surface area contributed by atoms with Crippen LogP contribution in [0.25, 0.3) is 0 Å². The highest BCUT2D eigenvalue weighted by Gasteiger charge is 2.30. The van der Waals surface area contributed by atoms with Gasteiger partial charge < -0.3 is 4.74 Å². The molecule has 0 aromatic rings. The molecule has 0 aromatic carbocycles. The molecule has 0 aliphatic heterocycles. The quantitative estimate of drug-likeness (QED) is 0.562. The number of hydrogen-bond acceptors (Lipinski definition) is 1. The Morgan fingerprint density at radius 3 is 2.00 bits per heavy atom. The molecule has 0 unspecified atom stereocenters. The van der Waals surface area contributed by atoms with E-state index in [1.165, 1.54) is 57.8 Å². The van der Waals surface area contributed by atoms with Crippen molar-refractivity contribution in [1.29, 1.82) is 0 Å². The fourth-order valence-electron chi connectivity index (χ4n) is 4.15. The van der Waals surface area contributed by atoms with E-state index in [2.05, 4.69) is 26.0 Å². The summed E-state index contributed by atoms with van der Waals surface area (Å²) in [6, 6.07) is 0. The number of hydrogen-bond donors (Lipinski definition) is 0. The van der Waals surface area contributed by atoms with Crippen LogP contribution in [0.2, 0.25) is 0 Å². The zero-order valence-corrected chi connectivity index (χ0v) is 13.7. The summed E-state index contributed by atoms with van der Waals surface area (Å²) in [5.74, 6) is 2.91. The van der Waals surface area contributed by atoms with E-state index < -0.39 is 0 Å². The van der Waals surface area contributed by atoms with Gasteiger partial charge in [-0.05, 0) is 82.0 Å². The van der Waals surface area contributed by atoms with Gasteiger partial charge in [0.25, 0.3) is 0 Å². The van der Waals surface area contributed by atoms with Gasteiger partial charge in [0.15, 0.2) is 0 Å². The largest absolute Gasteiger partial charge is 0.378 e. The van der Waals surface area contributed by atoms with Gasteiger partial charge in [-0.2, -0.15) is 0 Å². The van der Waals surface area contributed by atoms with Crippen molar-refractivity contribution < 1.29 is 4.74 Å². The standard InChI is InChI=1S/C19H34O/c1-3-5-6-16-7-9-17(10-8-16)18-11-13-19(14-12-18)20-15-4-2/h5-6,16-19H,3-4,7-15H2,1-2H3/t16-,17-,18-,19-. The Morgan fingerprint density at radius 1 is 0.850 bits per heavy atom. The van der Waals surface area contributed by atoms with Gasteiger partial charge in [0.05, 0.1) is 6.10 Å². The van der Waals surface area contributed by atoms with Crippen LogP contribution in [0.4, 0.5) is 0 Å². The first-order valence-electron chi connectivity index (χ1n) is 9.11. The predicted octanol–water partition coefficient (Wildman–Crippen LogP) is 5.74. The maximum atomic E-state index is 5.92. The van der Waals surface area contributed by atoms with Gasteiger partial charge in [-0.25, -0.2) is 0 Å². The second-order valence-electron chi connectivity index (χ2n) is 6.92. The van der Waals surface area contributed by atoms with E-state index in [1.807, 2.05) is 0 Å². The van der Waals surface area contributed by atoms with E-state index in [9.17, 15) is 0 Å². The first-order chi connectivity index (χ1) is 9.83. The average molecular weight is 278 g/mol. The van der Waals surface area contributed by atoms with E-state index in [-0.39, 0.29) is 0 Å². The fraction of sp³-hybridized carbons (Fsp3) is 0.895. The lowest BCUT2D eigenvalue weighted by atomic mass is 9.70. The molecule has 0 bridgehead atoms. The van der Waals surface area contributed by atoms with Crippen LogP contribution < -0.4 is 0 Å². The lowest BCUT2D eigenvalue weighted by molar-refractivity contribution is 0.00796. The first kappa shape index (κ1) is 16.1. The topological polar surface area (TPSA) is 9.23 Å². The molecule has 0 radical (unpaired) electrons. The summed E-state index contributed by atoms with van der Waals surface area (Å²) in [7, 11) is 0. The van der Waals surface area contributed by atoms with Gasteiger partial charge in [0.2, 0.25) is 0 Å². The molecule has 2 aliphatic rings. The van der Waals surface area contributed by atoms with Crippen molar-refractivity contribution in [1.82, 2.24) is 0 Å². The summed E-state index contributed by atoms with van der Waals surface area (Å²) >= 11 is 0. The minimum absolute atomic E-state index is 0.579. The molecule has 2 aliphatic carbocycles. The van der Waals surface area contributed by atoms with E-state index in [4.69, 9.17) is 4.74 Å². The van der Waals surface area contributed by atoms with Crippen LogP contribution >= 0.6 is 0 Å². The maximum Gasteiger partial charge on any atom is 0.0575 e. The molecule has 116 valence electrons. The van der Waals surface area contributed by atoms with Crippen LogP contribution in [0.1, 0.15) is 78.1 Å². The Balaban J connectivity index is 1.66. The second-order valence-corrected chi connectivity index (χ2v) is 6.92. The Kier molecular flexibility index (Phi) is 7.13. The van der Waals surface area contributed by atoms with E-state index in [0.717, 1.165) is 30.8 Å². The zero-order chi connectivity index (χ0) is 14.2. The normalized spacial score (nSPS) is 35.5. The number of allylic oxidation sites excluding steroid dienone is 2. The number of ether oxygens (including phenoxy) is 1. The van der Waals surface area contributed by atoms with Crippen LogP contribution in [0, 0.1) is 17.8 Å². The minimum atomic E-state index is 0.579. The second kappa shape index (κ2) is 8.87. The summed E-state index contributed by atoms with van der Waals surface area (Å²) < 4.78 is 5.92. The lowest BCUT2D eigenvalue weighted by Gasteiger charge is -2.37. The van der Waals surface area contributed by atoms with Crippen LogP contribution in [0.15, 0.2) is 12.2 Å². The zero-order valence-electron chi connectivity index (χ0n) is 13.7. The first-order valence-corrected chi connectivity index (χ1v) is 9.11. The van der Waals surface area contributed by atoms with Gasteiger partial charge in [-0.3, -0.25) is 0 Å². The molecule has 0 amide bonds. The molecule has 2 saturated carbocycles. The average Bonchev–Trinajstić information content (AvgIpc) is 2.52. The summed E-state index contributed by atoms with van der Waals surface area (Å²) in [4.78, 5) is 0. The van der Waals surface area contributed by atoms with Gasteiger partial charge in [0.1, 0.15) is 0 Å². The van der Waals surface area contributed by atoms with E-state index in [1.54, 1.807) is 0 Å². The number of rotatable bonds is 6. The molecule has 2 fully saturated rings. The van der Waals surface area contributed by atoms with Gasteiger partial charge in [-0.1, -0.05) is 26.0 Å². The molecule has 0 heterocycles. The van der Waals surface area contributed by atoms with Gasteiger partial charge in [-0.15, -0.1) is 0 Å². The molecule has 1 heteroatoms. The third-order valence-electron chi connectivity index (χ3n) is 5.40. The van der Waals surface area contributed by atoms with Gasteiger partial charge >= 0.3 is 0 Å². The van der Waals surface area contributed by atoms with Crippen molar-refractivity contribution in [3.05, 3.63) is 12.2 Å². The summed E-state index contributed by atoms with van der Waals surface area (Å²) in [6.07, 6.45) is 19.1. The third kappa shape index (κ3) is 4.91. The smallest absolute Gasteiger partial charge is 0.0575 e. The molecular formula is C19H34O. The van der Waals surface area contributed by atoms with Crippen molar-refractivity contribution in [3.63, 3.8) is 0 Å². The molecule has 0 N–H and O–H groups in total. The highest BCUT2D eigenvalue weighted by atomic mass is 16.5. The Labute approximate surface area is 126 Å². The predicted molar refractivity (Wildman–Crippen MR) is 86.9 cm³/mol. The van der Waals surface area contributed by atoms with Crippen molar-refractivity contribution in [3.8, 4) is 0 Å². The Hall–Kier alpha value is -0.300. The molecule has 0 atom stereocenters. The molecule has 0 spiro atoms. The maximum absolute atomic E-state index is 5.92. The molecule has 0 saturated heterocycles.